The number of carbonyl (C=O) groups is 1. The summed E-state index contributed by atoms with van der Waals surface area (Å²) in [5, 5.41) is 11.8. The number of hydrogen-bond donors (Lipinski definition) is 2. The van der Waals surface area contributed by atoms with Crippen molar-refractivity contribution in [2.45, 2.75) is 6.18 Å². The van der Waals surface area contributed by atoms with Gasteiger partial charge in [-0.3, -0.25) is 9.78 Å². The number of phenolic OH excluding ortho intramolecular Hbond substituents is 1. The Morgan fingerprint density at radius 2 is 2.00 bits per heavy atom. The predicted octanol–water partition coefficient (Wildman–Crippen LogP) is 3.66. The van der Waals surface area contributed by atoms with Gasteiger partial charge in [-0.15, -0.1) is 0 Å². The maximum absolute atomic E-state index is 12.6. The van der Waals surface area contributed by atoms with Crippen molar-refractivity contribution in [2.75, 3.05) is 5.32 Å². The zero-order chi connectivity index (χ0) is 15.6. The summed E-state index contributed by atoms with van der Waals surface area (Å²) in [5.41, 5.74) is -1.01. The van der Waals surface area contributed by atoms with E-state index in [2.05, 4.69) is 10.3 Å². The molecule has 0 radical (unpaired) electrons. The van der Waals surface area contributed by atoms with E-state index in [9.17, 15) is 23.1 Å². The van der Waals surface area contributed by atoms with Crippen molar-refractivity contribution in [3.8, 4) is 5.75 Å². The van der Waals surface area contributed by atoms with E-state index in [-0.39, 0.29) is 11.3 Å². The lowest BCUT2D eigenvalue weighted by molar-refractivity contribution is -0.137. The molecule has 2 aromatic rings. The fraction of sp³-hybridized carbons (Fsp3) is 0.0769. The van der Waals surface area contributed by atoms with Gasteiger partial charge in [-0.25, -0.2) is 0 Å². The highest BCUT2D eigenvalue weighted by molar-refractivity contribution is 14.1. The number of aromatic nitrogens is 1. The quantitative estimate of drug-likeness (QED) is 0.589. The molecule has 1 heterocycles. The van der Waals surface area contributed by atoms with Gasteiger partial charge in [0.1, 0.15) is 5.75 Å². The Morgan fingerprint density at radius 3 is 2.62 bits per heavy atom. The van der Waals surface area contributed by atoms with E-state index in [1.807, 2.05) is 22.6 Å². The highest BCUT2D eigenvalue weighted by Gasteiger charge is 2.31. The van der Waals surface area contributed by atoms with Crippen LogP contribution < -0.4 is 5.32 Å². The molecule has 4 nitrogen and oxygen atoms in total. The van der Waals surface area contributed by atoms with E-state index in [0.29, 0.717) is 9.64 Å². The zero-order valence-electron chi connectivity index (χ0n) is 10.3. The van der Waals surface area contributed by atoms with Crippen molar-refractivity contribution in [2.24, 2.45) is 0 Å². The molecule has 2 N–H and O–H groups in total. The fourth-order valence-corrected chi connectivity index (χ4v) is 2.15. The number of nitrogens with one attached hydrogen (secondary N) is 1. The number of anilines is 1. The summed E-state index contributed by atoms with van der Waals surface area (Å²) in [6.45, 7) is 0. The number of aromatic hydroxyl groups is 1. The number of phenols is 1. The molecule has 8 heteroatoms. The third-order valence-corrected chi connectivity index (χ3v) is 3.45. The average molecular weight is 408 g/mol. The molecule has 1 aromatic carbocycles. The summed E-state index contributed by atoms with van der Waals surface area (Å²) in [7, 11) is 0. The molecule has 1 amide bonds. The molecule has 21 heavy (non-hydrogen) atoms. The number of rotatable bonds is 2. The van der Waals surface area contributed by atoms with Crippen LogP contribution in [0.1, 0.15) is 15.9 Å². The Kier molecular flexibility index (Phi) is 4.35. The number of halogens is 4. The minimum absolute atomic E-state index is 0.252. The Labute approximate surface area is 131 Å². The van der Waals surface area contributed by atoms with Crippen LogP contribution in [-0.4, -0.2) is 16.0 Å². The van der Waals surface area contributed by atoms with Crippen LogP contribution in [0.4, 0.5) is 18.9 Å². The van der Waals surface area contributed by atoms with Gasteiger partial charge in [0.15, 0.2) is 0 Å². The second-order valence-electron chi connectivity index (χ2n) is 4.04. The standard InChI is InChI=1S/C13H8F3IN2O2/c14-13(15,16)7-1-2-11(20)10(5-7)19-12(21)8-3-4-18-6-9(8)17/h1-6,20H,(H,19,21). The first-order valence-electron chi connectivity index (χ1n) is 5.60. The minimum Gasteiger partial charge on any atom is -0.506 e. The molecule has 0 aliphatic rings. The number of carbonyl (C=O) groups excluding carboxylic acids is 1. The van der Waals surface area contributed by atoms with Gasteiger partial charge in [-0.05, 0) is 46.9 Å². The Morgan fingerprint density at radius 1 is 1.29 bits per heavy atom. The molecule has 110 valence electrons. The largest absolute Gasteiger partial charge is 0.506 e. The van der Waals surface area contributed by atoms with Crippen LogP contribution in [-0.2, 0) is 6.18 Å². The van der Waals surface area contributed by atoms with Crippen LogP contribution in [0.3, 0.4) is 0 Å². The smallest absolute Gasteiger partial charge is 0.416 e. The van der Waals surface area contributed by atoms with Crippen LogP contribution in [0.25, 0.3) is 0 Å². The van der Waals surface area contributed by atoms with Gasteiger partial charge in [0.25, 0.3) is 5.91 Å². The SMILES string of the molecule is O=C(Nc1cc(C(F)(F)F)ccc1O)c1ccncc1I. The van der Waals surface area contributed by atoms with Crippen LogP contribution >= 0.6 is 22.6 Å². The first-order chi connectivity index (χ1) is 9.79. The number of benzene rings is 1. The second-order valence-corrected chi connectivity index (χ2v) is 5.20. The van der Waals surface area contributed by atoms with Crippen LogP contribution in [0.2, 0.25) is 0 Å². The monoisotopic (exact) mass is 408 g/mol. The Hall–Kier alpha value is -1.84. The van der Waals surface area contributed by atoms with Crippen molar-refractivity contribution < 1.29 is 23.1 Å². The zero-order valence-corrected chi connectivity index (χ0v) is 12.4. The van der Waals surface area contributed by atoms with E-state index >= 15 is 0 Å². The molecule has 1 aromatic heterocycles. The van der Waals surface area contributed by atoms with Gasteiger partial charge in [0, 0.05) is 16.0 Å². The van der Waals surface area contributed by atoms with Crippen molar-refractivity contribution in [3.05, 3.63) is 51.4 Å². The molecule has 0 spiro atoms. The summed E-state index contributed by atoms with van der Waals surface area (Å²) in [6, 6.07) is 3.74. The Balaban J connectivity index is 2.31. The van der Waals surface area contributed by atoms with Gasteiger partial charge >= 0.3 is 6.18 Å². The Bertz CT molecular complexity index is 689. The van der Waals surface area contributed by atoms with Crippen LogP contribution in [0.5, 0.6) is 5.75 Å². The summed E-state index contributed by atoms with van der Waals surface area (Å²) < 4.78 is 38.4. The van der Waals surface area contributed by atoms with Gasteiger partial charge in [0.2, 0.25) is 0 Å². The van der Waals surface area contributed by atoms with Gasteiger partial charge < -0.3 is 10.4 Å². The van der Waals surface area contributed by atoms with Crippen molar-refractivity contribution in [1.82, 2.24) is 4.98 Å². The fourth-order valence-electron chi connectivity index (χ4n) is 1.56. The molecular weight excluding hydrogens is 400 g/mol. The maximum atomic E-state index is 12.6. The molecule has 0 aliphatic carbocycles. The van der Waals surface area contributed by atoms with E-state index in [1.165, 1.54) is 18.5 Å². The first-order valence-corrected chi connectivity index (χ1v) is 6.68. The van der Waals surface area contributed by atoms with Crippen molar-refractivity contribution in [1.29, 1.82) is 0 Å². The maximum Gasteiger partial charge on any atom is 0.416 e. The number of pyridine rings is 1. The van der Waals surface area contributed by atoms with E-state index in [1.54, 1.807) is 0 Å². The number of amides is 1. The van der Waals surface area contributed by atoms with Gasteiger partial charge in [0.05, 0.1) is 16.8 Å². The molecule has 2 rings (SSSR count). The van der Waals surface area contributed by atoms with Crippen molar-refractivity contribution >= 4 is 34.2 Å². The normalized spacial score (nSPS) is 11.2. The molecule has 0 saturated carbocycles. The van der Waals surface area contributed by atoms with Crippen LogP contribution in [0.15, 0.2) is 36.7 Å². The van der Waals surface area contributed by atoms with E-state index < -0.39 is 23.4 Å². The van der Waals surface area contributed by atoms with Crippen molar-refractivity contribution in [3.63, 3.8) is 0 Å². The lowest BCUT2D eigenvalue weighted by Crippen LogP contribution is -2.14. The van der Waals surface area contributed by atoms with E-state index in [0.717, 1.165) is 12.1 Å². The first kappa shape index (κ1) is 15.5. The minimum atomic E-state index is -4.56. The predicted molar refractivity (Wildman–Crippen MR) is 78.0 cm³/mol. The highest BCUT2D eigenvalue weighted by atomic mass is 127. The topological polar surface area (TPSA) is 62.2 Å². The summed E-state index contributed by atoms with van der Waals surface area (Å²) in [6.07, 6.45) is -1.72. The molecule has 0 unspecified atom stereocenters. The molecule has 0 bridgehead atoms. The van der Waals surface area contributed by atoms with Crippen LogP contribution in [0, 0.1) is 3.57 Å². The number of hydrogen-bond acceptors (Lipinski definition) is 3. The molecule has 0 saturated heterocycles. The number of nitrogens with zero attached hydrogens (tertiary/aromatic N) is 1. The van der Waals surface area contributed by atoms with Gasteiger partial charge in [-0.1, -0.05) is 0 Å². The molecule has 0 aliphatic heterocycles. The number of alkyl halides is 3. The molecule has 0 fully saturated rings. The third-order valence-electron chi connectivity index (χ3n) is 2.59. The lowest BCUT2D eigenvalue weighted by Gasteiger charge is -2.12. The summed E-state index contributed by atoms with van der Waals surface area (Å²) >= 11 is 1.88. The molecular formula is C13H8F3IN2O2. The highest BCUT2D eigenvalue weighted by Crippen LogP contribution is 2.34. The average Bonchev–Trinajstić information content (AvgIpc) is 2.40. The third kappa shape index (κ3) is 3.63. The van der Waals surface area contributed by atoms with E-state index in [4.69, 9.17) is 0 Å². The second kappa shape index (κ2) is 5.88. The van der Waals surface area contributed by atoms with Gasteiger partial charge in [-0.2, -0.15) is 13.2 Å². The summed E-state index contributed by atoms with van der Waals surface area (Å²) in [5.74, 6) is -1.07. The lowest BCUT2D eigenvalue weighted by atomic mass is 10.1. The summed E-state index contributed by atoms with van der Waals surface area (Å²) in [4.78, 5) is 15.8. The molecule has 0 atom stereocenters.